The molecule has 0 saturated heterocycles. The Morgan fingerprint density at radius 2 is 1.44 bits per heavy atom. The number of nitrogens with two attached hydrogens (primary N) is 2. The molecule has 0 spiro atoms. The van der Waals surface area contributed by atoms with Gasteiger partial charge >= 0.3 is 0 Å². The van der Waals surface area contributed by atoms with Gasteiger partial charge in [0.05, 0.1) is 0 Å². The van der Waals surface area contributed by atoms with Gasteiger partial charge in [-0.15, -0.1) is 0 Å². The predicted octanol–water partition coefficient (Wildman–Crippen LogP) is 5.50. The molecule has 1 aliphatic rings. The lowest BCUT2D eigenvalue weighted by Gasteiger charge is -2.41. The molecule has 1 aliphatic carbocycles. The zero-order valence-corrected chi connectivity index (χ0v) is 20.5. The molecular weight excluding hydrogens is 408 g/mol. The second kappa shape index (κ2) is 12.3. The molecule has 184 valence electrons. The van der Waals surface area contributed by atoms with Crippen molar-refractivity contribution in [2.24, 2.45) is 17.4 Å². The second-order valence-electron chi connectivity index (χ2n) is 10.2. The Kier molecular flexibility index (Phi) is 10.8. The first kappa shape index (κ1) is 28.1. The van der Waals surface area contributed by atoms with Crippen molar-refractivity contribution in [2.75, 3.05) is 0 Å². The van der Waals surface area contributed by atoms with E-state index in [1.54, 1.807) is 32.1 Å². The molecule has 0 amide bonds. The molecule has 0 fully saturated rings. The average Bonchev–Trinajstić information content (AvgIpc) is 2.71. The zero-order chi connectivity index (χ0) is 24.4. The summed E-state index contributed by atoms with van der Waals surface area (Å²) in [4.78, 5) is 23.6. The molecule has 1 rings (SSSR count). The standard InChI is InChI=1S/C24H44N4O4/c1-5-7-9-11-14-22(3,27(29)30)18-20-17-21(25)13-16-24(20,26)19-23(4,28(31)32)15-12-10-8-6-2/h13,16-17,20H,5-12,14-15,18-19,25-26H2,1-4H3. The molecule has 0 saturated carbocycles. The summed E-state index contributed by atoms with van der Waals surface area (Å²) in [6.45, 7) is 7.52. The largest absolute Gasteiger partial charge is 0.399 e. The molecule has 8 nitrogen and oxygen atoms in total. The van der Waals surface area contributed by atoms with E-state index in [1.807, 2.05) is 0 Å². The maximum atomic E-state index is 12.0. The Morgan fingerprint density at radius 1 is 0.938 bits per heavy atom. The van der Waals surface area contributed by atoms with Gasteiger partial charge in [0.15, 0.2) is 0 Å². The summed E-state index contributed by atoms with van der Waals surface area (Å²) in [5.74, 6) is -0.441. The molecule has 8 heteroatoms. The quantitative estimate of drug-likeness (QED) is 0.180. The van der Waals surface area contributed by atoms with E-state index in [9.17, 15) is 20.2 Å². The number of hydrogen-bond donors (Lipinski definition) is 2. The Hall–Kier alpha value is -1.96. The molecule has 4 N–H and O–H groups in total. The topological polar surface area (TPSA) is 138 Å². The Bertz CT molecular complexity index is 695. The van der Waals surface area contributed by atoms with Crippen LogP contribution in [0.5, 0.6) is 0 Å². The highest BCUT2D eigenvalue weighted by atomic mass is 16.6. The van der Waals surface area contributed by atoms with Crippen LogP contribution in [-0.4, -0.2) is 26.5 Å². The van der Waals surface area contributed by atoms with E-state index >= 15 is 0 Å². The van der Waals surface area contributed by atoms with Crippen molar-refractivity contribution in [3.63, 3.8) is 0 Å². The van der Waals surface area contributed by atoms with Gasteiger partial charge in [-0.2, -0.15) is 0 Å². The van der Waals surface area contributed by atoms with Crippen LogP contribution >= 0.6 is 0 Å². The van der Waals surface area contributed by atoms with Gasteiger partial charge in [-0.05, 0) is 18.9 Å². The van der Waals surface area contributed by atoms with Crippen LogP contribution in [0.2, 0.25) is 0 Å². The molecule has 0 bridgehead atoms. The number of allylic oxidation sites excluding steroid dienone is 1. The molecule has 32 heavy (non-hydrogen) atoms. The van der Waals surface area contributed by atoms with Gasteiger partial charge in [0.2, 0.25) is 11.1 Å². The molecule has 4 unspecified atom stereocenters. The normalized spacial score (nSPS) is 24.4. The van der Waals surface area contributed by atoms with Crippen LogP contribution in [0.15, 0.2) is 23.9 Å². The molecule has 0 heterocycles. The maximum Gasteiger partial charge on any atom is 0.221 e. The fourth-order valence-electron chi connectivity index (χ4n) is 4.77. The lowest BCUT2D eigenvalue weighted by molar-refractivity contribution is -0.572. The third-order valence-electron chi connectivity index (χ3n) is 7.04. The van der Waals surface area contributed by atoms with Crippen molar-refractivity contribution >= 4 is 0 Å². The van der Waals surface area contributed by atoms with Crippen LogP contribution in [0.25, 0.3) is 0 Å². The van der Waals surface area contributed by atoms with Crippen LogP contribution in [0.3, 0.4) is 0 Å². The second-order valence-corrected chi connectivity index (χ2v) is 10.2. The lowest BCUT2D eigenvalue weighted by Crippen LogP contribution is -2.55. The number of hydrogen-bond acceptors (Lipinski definition) is 6. The highest BCUT2D eigenvalue weighted by molar-refractivity contribution is 5.30. The van der Waals surface area contributed by atoms with Gasteiger partial charge in [0.1, 0.15) is 0 Å². The van der Waals surface area contributed by atoms with Crippen LogP contribution < -0.4 is 11.5 Å². The van der Waals surface area contributed by atoms with Crippen molar-refractivity contribution in [2.45, 2.75) is 121 Å². The molecule has 0 aromatic carbocycles. The minimum absolute atomic E-state index is 0.119. The summed E-state index contributed by atoms with van der Waals surface area (Å²) in [5, 5.41) is 24.1. The average molecular weight is 453 g/mol. The monoisotopic (exact) mass is 452 g/mol. The fraction of sp³-hybridized carbons (Fsp3) is 0.833. The van der Waals surface area contributed by atoms with Gasteiger partial charge in [0, 0.05) is 66.5 Å². The molecule has 0 aromatic heterocycles. The summed E-state index contributed by atoms with van der Waals surface area (Å²) in [5.41, 5.74) is 9.91. The van der Waals surface area contributed by atoms with Gasteiger partial charge < -0.3 is 11.5 Å². The third kappa shape index (κ3) is 7.87. The van der Waals surface area contributed by atoms with Crippen molar-refractivity contribution < 1.29 is 9.85 Å². The van der Waals surface area contributed by atoms with Crippen LogP contribution in [0.1, 0.15) is 105 Å². The third-order valence-corrected chi connectivity index (χ3v) is 7.04. The first-order chi connectivity index (χ1) is 14.9. The van der Waals surface area contributed by atoms with Gasteiger partial charge in [0.25, 0.3) is 0 Å². The number of nitrogens with zero attached hydrogens (tertiary/aromatic N) is 2. The number of unbranched alkanes of at least 4 members (excludes halogenated alkanes) is 6. The lowest BCUT2D eigenvalue weighted by atomic mass is 9.67. The SMILES string of the molecule is CCCCCCC(C)(CC1C=C(N)C=CC1(N)CC(C)(CCCCCC)[N+](=O)[O-])[N+](=O)[O-]. The van der Waals surface area contributed by atoms with Crippen LogP contribution in [0.4, 0.5) is 0 Å². The van der Waals surface area contributed by atoms with Crippen molar-refractivity contribution in [3.05, 3.63) is 44.2 Å². The zero-order valence-electron chi connectivity index (χ0n) is 20.5. The fourth-order valence-corrected chi connectivity index (χ4v) is 4.77. The van der Waals surface area contributed by atoms with Crippen LogP contribution in [-0.2, 0) is 0 Å². The maximum absolute atomic E-state index is 12.0. The molecule has 0 radical (unpaired) electrons. The highest BCUT2D eigenvalue weighted by Gasteiger charge is 2.50. The molecule has 0 aromatic rings. The summed E-state index contributed by atoms with van der Waals surface area (Å²) >= 11 is 0. The number of nitro groups is 2. The first-order valence-corrected chi connectivity index (χ1v) is 12.2. The van der Waals surface area contributed by atoms with E-state index in [-0.39, 0.29) is 22.7 Å². The van der Waals surface area contributed by atoms with Crippen molar-refractivity contribution in [3.8, 4) is 0 Å². The van der Waals surface area contributed by atoms with Gasteiger partial charge in [-0.3, -0.25) is 20.2 Å². The molecule has 0 aliphatic heterocycles. The van der Waals surface area contributed by atoms with E-state index in [0.717, 1.165) is 51.4 Å². The van der Waals surface area contributed by atoms with Crippen molar-refractivity contribution in [1.82, 2.24) is 0 Å². The minimum Gasteiger partial charge on any atom is -0.399 e. The van der Waals surface area contributed by atoms with E-state index in [0.29, 0.717) is 18.5 Å². The summed E-state index contributed by atoms with van der Waals surface area (Å²) in [6.07, 6.45) is 14.0. The Labute approximate surface area is 193 Å². The Morgan fingerprint density at radius 3 is 1.91 bits per heavy atom. The van der Waals surface area contributed by atoms with Crippen LogP contribution in [0, 0.1) is 26.1 Å². The Balaban J connectivity index is 3.10. The summed E-state index contributed by atoms with van der Waals surface area (Å²) < 4.78 is 0. The van der Waals surface area contributed by atoms with E-state index in [2.05, 4.69) is 13.8 Å². The molecular formula is C24H44N4O4. The van der Waals surface area contributed by atoms with E-state index < -0.39 is 22.5 Å². The number of rotatable bonds is 16. The molecule has 4 atom stereocenters. The summed E-state index contributed by atoms with van der Waals surface area (Å²) in [7, 11) is 0. The van der Waals surface area contributed by atoms with Gasteiger partial charge in [-0.1, -0.05) is 64.5 Å². The predicted molar refractivity (Wildman–Crippen MR) is 129 cm³/mol. The van der Waals surface area contributed by atoms with E-state index in [1.165, 1.54) is 0 Å². The van der Waals surface area contributed by atoms with Gasteiger partial charge in [-0.25, -0.2) is 0 Å². The smallest absolute Gasteiger partial charge is 0.221 e. The highest BCUT2D eigenvalue weighted by Crippen LogP contribution is 2.40. The van der Waals surface area contributed by atoms with Crippen molar-refractivity contribution in [1.29, 1.82) is 0 Å². The first-order valence-electron chi connectivity index (χ1n) is 12.2. The van der Waals surface area contributed by atoms with E-state index in [4.69, 9.17) is 11.5 Å². The minimum atomic E-state index is -1.20. The summed E-state index contributed by atoms with van der Waals surface area (Å²) in [6, 6.07) is 0.